The monoisotopic (exact) mass is 317 g/mol. The lowest BCUT2D eigenvalue weighted by Crippen LogP contribution is -1.97. The molecule has 0 amide bonds. The molecule has 7 nitrogen and oxygen atoms in total. The normalized spacial score (nSPS) is 10.8. The fourth-order valence-corrected chi connectivity index (χ4v) is 2.57. The number of hydrogen-bond donors (Lipinski definition) is 0. The highest BCUT2D eigenvalue weighted by molar-refractivity contribution is 5.90. The Labute approximate surface area is 136 Å². The van der Waals surface area contributed by atoms with Crippen LogP contribution in [0.15, 0.2) is 67.1 Å². The summed E-state index contributed by atoms with van der Waals surface area (Å²) in [5, 5.41) is 16.0. The molecule has 116 valence electrons. The van der Waals surface area contributed by atoms with Gasteiger partial charge in [0, 0.05) is 17.7 Å². The first kappa shape index (κ1) is 14.0. The Morgan fingerprint density at radius 1 is 0.958 bits per heavy atom. The quantitative estimate of drug-likeness (QED) is 0.427. The molecule has 0 saturated carbocycles. The van der Waals surface area contributed by atoms with E-state index in [0.29, 0.717) is 11.3 Å². The van der Waals surface area contributed by atoms with Gasteiger partial charge in [0.2, 0.25) is 0 Å². The number of hydrogen-bond acceptors (Lipinski definition) is 5. The zero-order chi connectivity index (χ0) is 16.5. The molecule has 2 aromatic carbocycles. The molecule has 24 heavy (non-hydrogen) atoms. The highest BCUT2D eigenvalue weighted by Crippen LogP contribution is 2.27. The number of rotatable bonds is 3. The van der Waals surface area contributed by atoms with Crippen molar-refractivity contribution in [1.82, 2.24) is 19.7 Å². The van der Waals surface area contributed by atoms with Crippen molar-refractivity contribution in [2.75, 3.05) is 0 Å². The lowest BCUT2D eigenvalue weighted by atomic mass is 10.1. The van der Waals surface area contributed by atoms with Crippen LogP contribution in [0, 0.1) is 10.1 Å². The molecule has 4 rings (SSSR count). The van der Waals surface area contributed by atoms with Gasteiger partial charge in [0.25, 0.3) is 5.69 Å². The molecule has 0 aliphatic carbocycles. The molecule has 4 aromatic rings. The zero-order valence-corrected chi connectivity index (χ0v) is 12.4. The molecule has 2 aromatic heterocycles. The summed E-state index contributed by atoms with van der Waals surface area (Å²) in [4.78, 5) is 19.0. The average molecular weight is 317 g/mol. The van der Waals surface area contributed by atoms with Crippen LogP contribution in [0.4, 0.5) is 5.69 Å². The van der Waals surface area contributed by atoms with Crippen LogP contribution >= 0.6 is 0 Å². The molecular weight excluding hydrogens is 306 g/mol. The second kappa shape index (κ2) is 5.54. The van der Waals surface area contributed by atoms with Crippen molar-refractivity contribution < 1.29 is 4.92 Å². The first-order valence-corrected chi connectivity index (χ1v) is 7.23. The van der Waals surface area contributed by atoms with Crippen molar-refractivity contribution in [1.29, 1.82) is 0 Å². The van der Waals surface area contributed by atoms with Gasteiger partial charge in [-0.15, -0.1) is 0 Å². The van der Waals surface area contributed by atoms with Gasteiger partial charge in [-0.25, -0.2) is 14.6 Å². The molecular formula is C17H11N5O2. The van der Waals surface area contributed by atoms with E-state index in [0.717, 1.165) is 16.6 Å². The summed E-state index contributed by atoms with van der Waals surface area (Å²) in [5.74, 6) is 0. The van der Waals surface area contributed by atoms with Crippen molar-refractivity contribution >= 4 is 16.7 Å². The summed E-state index contributed by atoms with van der Waals surface area (Å²) in [6.07, 6.45) is 3.18. The highest BCUT2D eigenvalue weighted by Gasteiger charge is 2.13. The molecule has 0 N–H and O–H groups in total. The predicted molar refractivity (Wildman–Crippen MR) is 88.8 cm³/mol. The number of aromatic nitrogens is 4. The Hall–Kier alpha value is -3.61. The van der Waals surface area contributed by atoms with Crippen LogP contribution in [0.25, 0.3) is 28.0 Å². The second-order valence-corrected chi connectivity index (χ2v) is 5.16. The lowest BCUT2D eigenvalue weighted by Gasteiger charge is -2.04. The van der Waals surface area contributed by atoms with Crippen LogP contribution in [0.2, 0.25) is 0 Å². The molecule has 2 heterocycles. The first-order valence-electron chi connectivity index (χ1n) is 7.23. The molecule has 0 fully saturated rings. The van der Waals surface area contributed by atoms with E-state index in [9.17, 15) is 10.1 Å². The van der Waals surface area contributed by atoms with Crippen LogP contribution in [-0.4, -0.2) is 24.7 Å². The number of non-ortho nitro benzene ring substituents is 1. The van der Waals surface area contributed by atoms with E-state index < -0.39 is 4.92 Å². The maximum atomic E-state index is 10.8. The fourth-order valence-electron chi connectivity index (χ4n) is 2.57. The Morgan fingerprint density at radius 2 is 1.71 bits per heavy atom. The zero-order valence-electron chi connectivity index (χ0n) is 12.4. The smallest absolute Gasteiger partial charge is 0.258 e. The standard InChI is InChI=1S/C17H11N5O2/c23-22(24)14-8-6-12(7-9-14)16-15-10-20-21(17(15)19-11-18-16)13-4-2-1-3-5-13/h1-11H. The number of benzene rings is 2. The lowest BCUT2D eigenvalue weighted by molar-refractivity contribution is -0.384. The molecule has 0 aliphatic heterocycles. The molecule has 0 atom stereocenters. The molecule has 0 unspecified atom stereocenters. The van der Waals surface area contributed by atoms with Crippen LogP contribution in [0.3, 0.4) is 0 Å². The fraction of sp³-hybridized carbons (Fsp3) is 0. The summed E-state index contributed by atoms with van der Waals surface area (Å²) < 4.78 is 1.74. The Kier molecular flexibility index (Phi) is 3.24. The van der Waals surface area contributed by atoms with Gasteiger partial charge in [0.05, 0.1) is 27.9 Å². The minimum atomic E-state index is -0.424. The van der Waals surface area contributed by atoms with Gasteiger partial charge in [-0.3, -0.25) is 10.1 Å². The van der Waals surface area contributed by atoms with E-state index in [1.807, 2.05) is 30.3 Å². The summed E-state index contributed by atoms with van der Waals surface area (Å²) in [7, 11) is 0. The summed E-state index contributed by atoms with van der Waals surface area (Å²) >= 11 is 0. The Balaban J connectivity index is 1.86. The second-order valence-electron chi connectivity index (χ2n) is 5.16. The highest BCUT2D eigenvalue weighted by atomic mass is 16.6. The minimum Gasteiger partial charge on any atom is -0.258 e. The van der Waals surface area contributed by atoms with Gasteiger partial charge < -0.3 is 0 Å². The minimum absolute atomic E-state index is 0.0454. The van der Waals surface area contributed by atoms with Crippen LogP contribution in [0.5, 0.6) is 0 Å². The van der Waals surface area contributed by atoms with Crippen LogP contribution in [0.1, 0.15) is 0 Å². The molecule has 0 spiro atoms. The van der Waals surface area contributed by atoms with Crippen molar-refractivity contribution in [3.63, 3.8) is 0 Å². The van der Waals surface area contributed by atoms with Gasteiger partial charge in [-0.1, -0.05) is 18.2 Å². The largest absolute Gasteiger partial charge is 0.269 e. The Bertz CT molecular complexity index is 1030. The summed E-state index contributed by atoms with van der Waals surface area (Å²) in [6.45, 7) is 0. The van der Waals surface area contributed by atoms with Gasteiger partial charge in [-0.2, -0.15) is 5.10 Å². The topological polar surface area (TPSA) is 86.7 Å². The average Bonchev–Trinajstić information content (AvgIpc) is 3.06. The van der Waals surface area contributed by atoms with Gasteiger partial charge in [-0.05, 0) is 24.3 Å². The van der Waals surface area contributed by atoms with E-state index in [-0.39, 0.29) is 5.69 Å². The number of nitrogens with zero attached hydrogens (tertiary/aromatic N) is 5. The van der Waals surface area contributed by atoms with Crippen LogP contribution in [-0.2, 0) is 0 Å². The summed E-state index contributed by atoms with van der Waals surface area (Å²) in [5.41, 5.74) is 3.10. The molecule has 0 radical (unpaired) electrons. The van der Waals surface area contributed by atoms with Crippen molar-refractivity contribution in [3.8, 4) is 16.9 Å². The van der Waals surface area contributed by atoms with E-state index in [1.165, 1.54) is 18.5 Å². The van der Waals surface area contributed by atoms with E-state index in [1.54, 1.807) is 23.0 Å². The third-order valence-electron chi connectivity index (χ3n) is 3.72. The van der Waals surface area contributed by atoms with E-state index >= 15 is 0 Å². The van der Waals surface area contributed by atoms with E-state index in [2.05, 4.69) is 15.1 Å². The number of nitro benzene ring substituents is 1. The van der Waals surface area contributed by atoms with E-state index in [4.69, 9.17) is 0 Å². The summed E-state index contributed by atoms with van der Waals surface area (Å²) in [6, 6.07) is 16.0. The third-order valence-corrected chi connectivity index (χ3v) is 3.72. The third kappa shape index (κ3) is 2.28. The first-order chi connectivity index (χ1) is 11.7. The van der Waals surface area contributed by atoms with Gasteiger partial charge in [0.1, 0.15) is 6.33 Å². The van der Waals surface area contributed by atoms with Crippen molar-refractivity contribution in [2.45, 2.75) is 0 Å². The maximum absolute atomic E-state index is 10.8. The molecule has 0 aliphatic rings. The number of nitro groups is 1. The predicted octanol–water partition coefficient (Wildman–Crippen LogP) is 3.39. The number of fused-ring (bicyclic) bond motifs is 1. The Morgan fingerprint density at radius 3 is 2.42 bits per heavy atom. The number of para-hydroxylation sites is 1. The molecule has 7 heteroatoms. The molecule has 0 bridgehead atoms. The molecule has 0 saturated heterocycles. The van der Waals surface area contributed by atoms with Gasteiger partial charge in [0.15, 0.2) is 5.65 Å². The van der Waals surface area contributed by atoms with Crippen molar-refractivity contribution in [3.05, 3.63) is 77.2 Å². The maximum Gasteiger partial charge on any atom is 0.269 e. The van der Waals surface area contributed by atoms with Crippen LogP contribution < -0.4 is 0 Å². The van der Waals surface area contributed by atoms with Crippen molar-refractivity contribution in [2.24, 2.45) is 0 Å². The SMILES string of the molecule is O=[N+]([O-])c1ccc(-c2ncnc3c2cnn3-c2ccccc2)cc1. The van der Waals surface area contributed by atoms with Gasteiger partial charge >= 0.3 is 0 Å².